The van der Waals surface area contributed by atoms with Crippen LogP contribution in [-0.4, -0.2) is 30.2 Å². The van der Waals surface area contributed by atoms with E-state index in [1.807, 2.05) is 0 Å². The van der Waals surface area contributed by atoms with Gasteiger partial charge in [-0.25, -0.2) is 0 Å². The van der Waals surface area contributed by atoms with Crippen LogP contribution in [0.5, 0.6) is 5.75 Å². The minimum atomic E-state index is -0.665. The molecular formula is C28H22Cl2N2O5. The van der Waals surface area contributed by atoms with Crippen LogP contribution >= 0.6 is 23.2 Å². The van der Waals surface area contributed by atoms with E-state index in [4.69, 9.17) is 27.9 Å². The molecule has 0 unspecified atom stereocenters. The quantitative estimate of drug-likeness (QED) is 0.248. The average Bonchev–Trinajstić information content (AvgIpc) is 3.57. The van der Waals surface area contributed by atoms with Crippen LogP contribution in [0.1, 0.15) is 12.8 Å². The molecule has 2 heterocycles. The summed E-state index contributed by atoms with van der Waals surface area (Å²) >= 11 is 12.3. The van der Waals surface area contributed by atoms with Crippen molar-refractivity contribution in [3.05, 3.63) is 64.7 Å². The average molecular weight is 537 g/mol. The molecule has 7 atom stereocenters. The molecule has 6 aliphatic rings. The molecule has 2 saturated heterocycles. The number of anilines is 2. The lowest BCUT2D eigenvalue weighted by Crippen LogP contribution is -2.40. The molecule has 2 saturated carbocycles. The molecule has 0 aromatic heterocycles. The van der Waals surface area contributed by atoms with E-state index in [9.17, 15) is 19.2 Å². The second-order valence-electron chi connectivity index (χ2n) is 10.6. The van der Waals surface area contributed by atoms with Crippen molar-refractivity contribution in [2.24, 2.45) is 41.4 Å². The number of hydrogen-bond donors (Lipinski definition) is 0. The van der Waals surface area contributed by atoms with E-state index in [2.05, 4.69) is 12.2 Å². The number of ether oxygens (including phenoxy) is 1. The maximum atomic E-state index is 13.3. The Morgan fingerprint density at radius 3 is 2.19 bits per heavy atom. The number of rotatable bonds is 4. The molecule has 2 aromatic carbocycles. The number of amides is 3. The fraction of sp³-hybridized carbons (Fsp3) is 0.357. The summed E-state index contributed by atoms with van der Waals surface area (Å²) in [5.74, 6) is -0.540. The van der Waals surface area contributed by atoms with Gasteiger partial charge >= 0.3 is 5.97 Å². The van der Waals surface area contributed by atoms with Crippen molar-refractivity contribution in [1.29, 1.82) is 0 Å². The van der Waals surface area contributed by atoms with Gasteiger partial charge in [0.25, 0.3) is 0 Å². The van der Waals surface area contributed by atoms with Crippen LogP contribution in [0.4, 0.5) is 11.4 Å². The molecule has 9 heteroatoms. The Bertz CT molecular complexity index is 1370. The Balaban J connectivity index is 1.04. The van der Waals surface area contributed by atoms with Gasteiger partial charge in [-0.1, -0.05) is 41.4 Å². The molecule has 2 aromatic rings. The number of nitrogens with zero attached hydrogens (tertiary/aromatic N) is 2. The van der Waals surface area contributed by atoms with Crippen LogP contribution in [0.15, 0.2) is 54.6 Å². The second kappa shape index (κ2) is 8.17. The largest absolute Gasteiger partial charge is 0.426 e. The summed E-state index contributed by atoms with van der Waals surface area (Å²) in [6, 6.07) is 11.4. The highest BCUT2D eigenvalue weighted by molar-refractivity contribution is 6.44. The molecular weight excluding hydrogens is 515 g/mol. The predicted octanol–water partition coefficient (Wildman–Crippen LogP) is 4.51. The van der Waals surface area contributed by atoms with Crippen molar-refractivity contribution in [1.82, 2.24) is 0 Å². The van der Waals surface area contributed by atoms with E-state index < -0.39 is 11.9 Å². The topological polar surface area (TPSA) is 84.0 Å². The summed E-state index contributed by atoms with van der Waals surface area (Å²) in [6.07, 6.45) is 5.41. The third-order valence-corrected chi connectivity index (χ3v) is 9.47. The van der Waals surface area contributed by atoms with Gasteiger partial charge in [0.1, 0.15) is 5.75 Å². The lowest BCUT2D eigenvalue weighted by atomic mass is 9.63. The van der Waals surface area contributed by atoms with Gasteiger partial charge in [0.15, 0.2) is 0 Å². The number of imide groups is 1. The van der Waals surface area contributed by atoms with Gasteiger partial charge in [0.05, 0.1) is 39.2 Å². The van der Waals surface area contributed by atoms with Crippen LogP contribution < -0.4 is 14.5 Å². The zero-order valence-corrected chi connectivity index (χ0v) is 21.1. The summed E-state index contributed by atoms with van der Waals surface area (Å²) in [5.41, 5.74) is 0.940. The molecule has 2 aliphatic heterocycles. The van der Waals surface area contributed by atoms with Crippen molar-refractivity contribution in [3.63, 3.8) is 0 Å². The highest BCUT2D eigenvalue weighted by atomic mass is 35.5. The Morgan fingerprint density at radius 1 is 0.892 bits per heavy atom. The molecule has 4 aliphatic carbocycles. The maximum absolute atomic E-state index is 13.3. The van der Waals surface area contributed by atoms with Crippen LogP contribution in [0.2, 0.25) is 10.0 Å². The first-order chi connectivity index (χ1) is 17.8. The van der Waals surface area contributed by atoms with E-state index in [-0.39, 0.29) is 65.1 Å². The smallest absolute Gasteiger partial charge is 0.316 e. The number of benzene rings is 2. The first-order valence-corrected chi connectivity index (χ1v) is 13.2. The Morgan fingerprint density at radius 2 is 1.54 bits per heavy atom. The van der Waals surface area contributed by atoms with E-state index in [0.29, 0.717) is 28.2 Å². The molecule has 37 heavy (non-hydrogen) atoms. The fourth-order valence-corrected chi connectivity index (χ4v) is 7.27. The summed E-state index contributed by atoms with van der Waals surface area (Å²) in [5, 5.41) is 0.585. The zero-order valence-electron chi connectivity index (χ0n) is 19.6. The maximum Gasteiger partial charge on any atom is 0.316 e. The normalized spacial score (nSPS) is 33.1. The van der Waals surface area contributed by atoms with Gasteiger partial charge in [-0.3, -0.25) is 24.1 Å². The standard InChI is InChI=1S/C28H22Cl2N2O5/c29-20-2-1-3-21(25(20)30)31-12-13(10-22(31)33)28(36)37-15-6-4-14(5-7-15)32-26(34)23-16-8-9-17(19-11-18(16)19)24(23)27(32)35/h1-9,13,16-19,23-24H,10-12H2/t13-,16-,17-,18-,19+,23+,24+/m0/s1. The molecule has 3 amide bonds. The SMILES string of the molecule is O=C(Oc1ccc(N2C(=O)[C@@H]3[C@H]4C=C[C@@H]([C@@H]5C[C@H]45)[C@H]3C2=O)cc1)[C@H]1CC(=O)N(c2cccc(Cl)c2Cl)C1. The van der Waals surface area contributed by atoms with E-state index in [1.165, 1.54) is 9.80 Å². The van der Waals surface area contributed by atoms with Gasteiger partial charge < -0.3 is 9.64 Å². The Labute approximate surface area is 222 Å². The number of hydrogen-bond acceptors (Lipinski definition) is 5. The van der Waals surface area contributed by atoms with Crippen molar-refractivity contribution in [3.8, 4) is 5.75 Å². The molecule has 0 N–H and O–H groups in total. The van der Waals surface area contributed by atoms with E-state index in [1.54, 1.807) is 42.5 Å². The van der Waals surface area contributed by atoms with Gasteiger partial charge in [0.2, 0.25) is 17.7 Å². The van der Waals surface area contributed by atoms with E-state index in [0.717, 1.165) is 6.42 Å². The summed E-state index contributed by atoms with van der Waals surface area (Å²) < 4.78 is 5.54. The lowest BCUT2D eigenvalue weighted by Gasteiger charge is -2.37. The lowest BCUT2D eigenvalue weighted by molar-refractivity contribution is -0.139. The van der Waals surface area contributed by atoms with Crippen LogP contribution in [-0.2, 0) is 19.2 Å². The van der Waals surface area contributed by atoms with Gasteiger partial charge in [-0.15, -0.1) is 0 Å². The summed E-state index contributed by atoms with van der Waals surface area (Å²) in [4.78, 5) is 54.8. The van der Waals surface area contributed by atoms with Gasteiger partial charge in [-0.05, 0) is 66.5 Å². The zero-order chi connectivity index (χ0) is 25.6. The molecule has 7 nitrogen and oxygen atoms in total. The first kappa shape index (κ1) is 23.0. The number of carbonyl (C=O) groups excluding carboxylic acids is 4. The summed E-state index contributed by atoms with van der Waals surface area (Å²) in [7, 11) is 0. The van der Waals surface area contributed by atoms with Gasteiger partial charge in [0, 0.05) is 13.0 Å². The predicted molar refractivity (Wildman–Crippen MR) is 136 cm³/mol. The molecule has 2 bridgehead atoms. The van der Waals surface area contributed by atoms with Crippen molar-refractivity contribution >= 4 is 58.3 Å². The van der Waals surface area contributed by atoms with Crippen LogP contribution in [0.25, 0.3) is 0 Å². The molecule has 4 fully saturated rings. The first-order valence-electron chi connectivity index (χ1n) is 12.5. The second-order valence-corrected chi connectivity index (χ2v) is 11.3. The van der Waals surface area contributed by atoms with Crippen LogP contribution in [0, 0.1) is 41.4 Å². The molecule has 0 radical (unpaired) electrons. The van der Waals surface area contributed by atoms with E-state index >= 15 is 0 Å². The number of allylic oxidation sites excluding steroid dienone is 2. The monoisotopic (exact) mass is 536 g/mol. The van der Waals surface area contributed by atoms with Gasteiger partial charge in [-0.2, -0.15) is 0 Å². The molecule has 8 rings (SSSR count). The summed E-state index contributed by atoms with van der Waals surface area (Å²) in [6.45, 7) is 0.133. The van der Waals surface area contributed by atoms with Crippen molar-refractivity contribution in [2.75, 3.05) is 16.3 Å². The third kappa shape index (κ3) is 3.40. The fourth-order valence-electron chi connectivity index (χ4n) is 6.87. The molecule has 188 valence electrons. The molecule has 0 spiro atoms. The highest BCUT2D eigenvalue weighted by Gasteiger charge is 2.67. The Kier molecular flexibility index (Phi) is 5.08. The van der Waals surface area contributed by atoms with Crippen molar-refractivity contribution in [2.45, 2.75) is 12.8 Å². The third-order valence-electron chi connectivity index (χ3n) is 8.66. The van der Waals surface area contributed by atoms with Crippen LogP contribution in [0.3, 0.4) is 0 Å². The van der Waals surface area contributed by atoms with Crippen molar-refractivity contribution < 1.29 is 23.9 Å². The Hall–Kier alpha value is -3.16. The minimum absolute atomic E-state index is 0.00231. The number of halogens is 2. The minimum Gasteiger partial charge on any atom is -0.426 e. The highest BCUT2D eigenvalue weighted by Crippen LogP contribution is 2.65. The number of carbonyl (C=O) groups is 4. The number of esters is 1.